The van der Waals surface area contributed by atoms with Crippen LogP contribution >= 0.6 is 0 Å². The highest BCUT2D eigenvalue weighted by Crippen LogP contribution is 2.20. The average Bonchev–Trinajstić information content (AvgIpc) is 2.36. The molecule has 1 aromatic rings. The minimum Gasteiger partial charge on any atom is -0.488 e. The lowest BCUT2D eigenvalue weighted by molar-refractivity contribution is -0.0116. The molecule has 1 heterocycles. The Hall–Kier alpha value is -1.42. The van der Waals surface area contributed by atoms with Crippen LogP contribution in [0, 0.1) is 6.92 Å². The van der Waals surface area contributed by atoms with Crippen LogP contribution in [0.4, 0.5) is 0 Å². The molecule has 1 aromatic heterocycles. The van der Waals surface area contributed by atoms with Gasteiger partial charge < -0.3 is 9.84 Å². The van der Waals surface area contributed by atoms with E-state index in [1.54, 1.807) is 12.1 Å². The van der Waals surface area contributed by atoms with Gasteiger partial charge in [0.05, 0.1) is 5.60 Å². The number of aliphatic hydroxyl groups is 1. The molecular formula is C13H19NO3. The molecule has 0 saturated carbocycles. The number of hydrogen-bond donors (Lipinski definition) is 1. The van der Waals surface area contributed by atoms with Crippen LogP contribution < -0.4 is 4.74 Å². The summed E-state index contributed by atoms with van der Waals surface area (Å²) in [5, 5.41) is 10.1. The highest BCUT2D eigenvalue weighted by atomic mass is 16.5. The van der Waals surface area contributed by atoms with Crippen LogP contribution in [0.1, 0.15) is 42.9 Å². The molecule has 0 atom stereocenters. The summed E-state index contributed by atoms with van der Waals surface area (Å²) in [4.78, 5) is 14.9. The molecule has 0 aliphatic heterocycles. The van der Waals surface area contributed by atoms with Crippen LogP contribution in [0.5, 0.6) is 5.75 Å². The van der Waals surface area contributed by atoms with Gasteiger partial charge in [-0.15, -0.1) is 0 Å². The summed E-state index contributed by atoms with van der Waals surface area (Å²) < 4.78 is 5.49. The van der Waals surface area contributed by atoms with Crippen LogP contribution in [-0.2, 0) is 0 Å². The largest absolute Gasteiger partial charge is 0.488 e. The summed E-state index contributed by atoms with van der Waals surface area (Å²) >= 11 is 0. The van der Waals surface area contributed by atoms with Crippen molar-refractivity contribution >= 4 is 6.29 Å². The number of hydrogen-bond acceptors (Lipinski definition) is 4. The molecule has 0 fully saturated rings. The van der Waals surface area contributed by atoms with Gasteiger partial charge in [-0.3, -0.25) is 4.79 Å². The van der Waals surface area contributed by atoms with E-state index in [0.29, 0.717) is 24.9 Å². The number of rotatable bonds is 6. The zero-order valence-electron chi connectivity index (χ0n) is 10.6. The molecule has 94 valence electrons. The van der Waals surface area contributed by atoms with Crippen molar-refractivity contribution in [1.82, 2.24) is 4.98 Å². The van der Waals surface area contributed by atoms with E-state index in [2.05, 4.69) is 4.98 Å². The van der Waals surface area contributed by atoms with Gasteiger partial charge in [0.2, 0.25) is 0 Å². The maximum Gasteiger partial charge on any atom is 0.172 e. The Kier molecular flexibility index (Phi) is 4.63. The number of carbonyl (C=O) groups excluding carboxylic acids is 1. The Bertz CT molecular complexity index is 386. The summed E-state index contributed by atoms with van der Waals surface area (Å²) in [5.41, 5.74) is 0.200. The van der Waals surface area contributed by atoms with Crippen molar-refractivity contribution in [3.8, 4) is 5.75 Å². The second kappa shape index (κ2) is 5.77. The molecule has 4 nitrogen and oxygen atoms in total. The number of pyridine rings is 1. The monoisotopic (exact) mass is 237 g/mol. The number of ether oxygens (including phenoxy) is 1. The van der Waals surface area contributed by atoms with Crippen molar-refractivity contribution in [3.63, 3.8) is 0 Å². The summed E-state index contributed by atoms with van der Waals surface area (Å²) in [6.07, 6.45) is 1.89. The smallest absolute Gasteiger partial charge is 0.172 e. The summed E-state index contributed by atoms with van der Waals surface area (Å²) in [6, 6.07) is 3.48. The Morgan fingerprint density at radius 2 is 2.06 bits per heavy atom. The highest BCUT2D eigenvalue weighted by Gasteiger charge is 2.23. The molecule has 0 bridgehead atoms. The maximum absolute atomic E-state index is 10.8. The fourth-order valence-corrected chi connectivity index (χ4v) is 1.44. The summed E-state index contributed by atoms with van der Waals surface area (Å²) in [5.74, 6) is 0.422. The van der Waals surface area contributed by atoms with Crippen LogP contribution in [0.3, 0.4) is 0 Å². The molecule has 0 spiro atoms. The van der Waals surface area contributed by atoms with E-state index in [0.717, 1.165) is 5.69 Å². The summed E-state index contributed by atoms with van der Waals surface area (Å²) in [6.45, 7) is 5.79. The van der Waals surface area contributed by atoms with Crippen molar-refractivity contribution in [2.45, 2.75) is 39.2 Å². The van der Waals surface area contributed by atoms with Gasteiger partial charge >= 0.3 is 0 Å². The number of aromatic nitrogens is 1. The first-order chi connectivity index (χ1) is 8.04. The molecule has 0 amide bonds. The van der Waals surface area contributed by atoms with Gasteiger partial charge in [-0.05, 0) is 31.9 Å². The SMILES string of the molecule is CCC(O)(CC)COc1ccc(C)nc1C=O. The first kappa shape index (κ1) is 13.6. The minimum absolute atomic E-state index is 0.172. The third-order valence-corrected chi connectivity index (χ3v) is 2.95. The Morgan fingerprint density at radius 1 is 1.41 bits per heavy atom. The molecule has 1 N–H and O–H groups in total. The van der Waals surface area contributed by atoms with E-state index >= 15 is 0 Å². The van der Waals surface area contributed by atoms with E-state index in [9.17, 15) is 9.90 Å². The van der Waals surface area contributed by atoms with Crippen molar-refractivity contribution < 1.29 is 14.6 Å². The van der Waals surface area contributed by atoms with Gasteiger partial charge in [0.1, 0.15) is 18.1 Å². The zero-order valence-corrected chi connectivity index (χ0v) is 10.6. The predicted octanol–water partition coefficient (Wildman–Crippen LogP) is 2.13. The Balaban J connectivity index is 2.78. The predicted molar refractivity (Wildman–Crippen MR) is 65.4 cm³/mol. The van der Waals surface area contributed by atoms with Gasteiger partial charge in [-0.1, -0.05) is 13.8 Å². The van der Waals surface area contributed by atoms with Crippen LogP contribution in [0.25, 0.3) is 0 Å². The standard InChI is InChI=1S/C13H19NO3/c1-4-13(16,5-2)9-17-12-7-6-10(3)14-11(12)8-15/h6-8,16H,4-5,9H2,1-3H3. The third kappa shape index (κ3) is 3.53. The molecule has 4 heteroatoms. The molecule has 0 aromatic carbocycles. The van der Waals surface area contributed by atoms with E-state index in [4.69, 9.17) is 4.74 Å². The van der Waals surface area contributed by atoms with Crippen molar-refractivity contribution in [2.24, 2.45) is 0 Å². The molecular weight excluding hydrogens is 218 g/mol. The van der Waals surface area contributed by atoms with Crippen molar-refractivity contribution in [3.05, 3.63) is 23.5 Å². The van der Waals surface area contributed by atoms with Crippen LogP contribution in [0.15, 0.2) is 12.1 Å². The van der Waals surface area contributed by atoms with Gasteiger partial charge in [0, 0.05) is 5.69 Å². The normalized spacial score (nSPS) is 11.3. The van der Waals surface area contributed by atoms with Crippen LogP contribution in [0.2, 0.25) is 0 Å². The van der Waals surface area contributed by atoms with Crippen molar-refractivity contribution in [1.29, 1.82) is 0 Å². The number of carbonyl (C=O) groups is 1. The van der Waals surface area contributed by atoms with Gasteiger partial charge in [0.25, 0.3) is 0 Å². The molecule has 17 heavy (non-hydrogen) atoms. The second-order valence-electron chi connectivity index (χ2n) is 4.17. The number of nitrogens with zero attached hydrogens (tertiary/aromatic N) is 1. The topological polar surface area (TPSA) is 59.4 Å². The quantitative estimate of drug-likeness (QED) is 0.770. The van der Waals surface area contributed by atoms with Crippen molar-refractivity contribution in [2.75, 3.05) is 6.61 Å². The lowest BCUT2D eigenvalue weighted by Crippen LogP contribution is -2.34. The highest BCUT2D eigenvalue weighted by molar-refractivity contribution is 5.76. The second-order valence-corrected chi connectivity index (χ2v) is 4.17. The fourth-order valence-electron chi connectivity index (χ4n) is 1.44. The Morgan fingerprint density at radius 3 is 2.59 bits per heavy atom. The van der Waals surface area contributed by atoms with E-state index in [1.165, 1.54) is 0 Å². The molecule has 1 rings (SSSR count). The average molecular weight is 237 g/mol. The molecule has 0 aliphatic rings. The first-order valence-corrected chi connectivity index (χ1v) is 5.82. The van der Waals surface area contributed by atoms with Gasteiger partial charge in [-0.25, -0.2) is 4.98 Å². The maximum atomic E-state index is 10.8. The zero-order chi connectivity index (χ0) is 12.9. The van der Waals surface area contributed by atoms with E-state index in [1.807, 2.05) is 20.8 Å². The lowest BCUT2D eigenvalue weighted by atomic mass is 9.99. The van der Waals surface area contributed by atoms with Crippen LogP contribution in [-0.4, -0.2) is 28.6 Å². The number of aryl methyl sites for hydroxylation is 1. The lowest BCUT2D eigenvalue weighted by Gasteiger charge is -2.25. The molecule has 0 saturated heterocycles. The molecule has 0 radical (unpaired) electrons. The molecule has 0 unspecified atom stereocenters. The fraction of sp³-hybridized carbons (Fsp3) is 0.538. The van der Waals surface area contributed by atoms with E-state index < -0.39 is 5.60 Å². The Labute approximate surface area is 102 Å². The molecule has 0 aliphatic carbocycles. The third-order valence-electron chi connectivity index (χ3n) is 2.95. The van der Waals surface area contributed by atoms with E-state index in [-0.39, 0.29) is 12.3 Å². The summed E-state index contributed by atoms with van der Waals surface area (Å²) in [7, 11) is 0. The number of aldehydes is 1. The first-order valence-electron chi connectivity index (χ1n) is 5.82. The van der Waals surface area contributed by atoms with Gasteiger partial charge in [-0.2, -0.15) is 0 Å². The van der Waals surface area contributed by atoms with Gasteiger partial charge in [0.15, 0.2) is 6.29 Å². The minimum atomic E-state index is -0.842.